The van der Waals surface area contributed by atoms with Crippen LogP contribution in [-0.4, -0.2) is 16.0 Å². The van der Waals surface area contributed by atoms with Crippen LogP contribution in [0.4, 0.5) is 24.8 Å². The molecule has 0 amide bonds. The lowest BCUT2D eigenvalue weighted by Crippen LogP contribution is -2.28. The first-order chi connectivity index (χ1) is 9.38. The van der Waals surface area contributed by atoms with Crippen molar-refractivity contribution in [3.05, 3.63) is 11.9 Å². The van der Waals surface area contributed by atoms with E-state index >= 15 is 0 Å². The molecule has 0 saturated heterocycles. The fourth-order valence-electron chi connectivity index (χ4n) is 2.67. The monoisotopic (exact) mass is 288 g/mol. The van der Waals surface area contributed by atoms with E-state index in [1.54, 1.807) is 0 Å². The molecule has 2 rings (SSSR count). The summed E-state index contributed by atoms with van der Waals surface area (Å²) in [7, 11) is 0. The molecule has 0 aromatic carbocycles. The molecule has 1 aromatic rings. The highest BCUT2D eigenvalue weighted by Gasteiger charge is 2.35. The Kier molecular flexibility index (Phi) is 4.35. The van der Waals surface area contributed by atoms with E-state index in [4.69, 9.17) is 5.73 Å². The van der Waals surface area contributed by atoms with Crippen molar-refractivity contribution in [1.29, 1.82) is 0 Å². The molecule has 1 saturated carbocycles. The van der Waals surface area contributed by atoms with Gasteiger partial charge in [0.1, 0.15) is 11.6 Å². The Balaban J connectivity index is 2.11. The van der Waals surface area contributed by atoms with Crippen LogP contribution in [0, 0.1) is 5.92 Å². The summed E-state index contributed by atoms with van der Waals surface area (Å²) in [5.74, 6) is -0.574. The standard InChI is InChI=1S/C13H19F3N4/c1-2-8-4-3-5-9(6-8)18-11-7-10(17)19-12(20-11)13(14,15)16/h7-9H,2-6H2,1H3,(H3,17,18,19,20). The third-order valence-corrected chi connectivity index (χ3v) is 3.71. The summed E-state index contributed by atoms with van der Waals surface area (Å²) in [6.07, 6.45) is 0.697. The Bertz CT molecular complexity index is 461. The van der Waals surface area contributed by atoms with Crippen molar-refractivity contribution in [2.45, 2.75) is 51.2 Å². The maximum atomic E-state index is 12.6. The molecule has 1 fully saturated rings. The lowest BCUT2D eigenvalue weighted by Gasteiger charge is -2.29. The zero-order valence-electron chi connectivity index (χ0n) is 11.4. The molecule has 2 atom stereocenters. The zero-order chi connectivity index (χ0) is 14.8. The van der Waals surface area contributed by atoms with Crippen LogP contribution in [0.2, 0.25) is 0 Å². The highest BCUT2D eigenvalue weighted by Crippen LogP contribution is 2.30. The molecule has 1 aliphatic carbocycles. The summed E-state index contributed by atoms with van der Waals surface area (Å²) in [6, 6.07) is 1.51. The minimum absolute atomic E-state index is 0.157. The van der Waals surface area contributed by atoms with Crippen molar-refractivity contribution in [3.8, 4) is 0 Å². The number of nitrogens with one attached hydrogen (secondary N) is 1. The first-order valence-corrected chi connectivity index (χ1v) is 6.86. The molecule has 20 heavy (non-hydrogen) atoms. The van der Waals surface area contributed by atoms with E-state index in [0.29, 0.717) is 5.92 Å². The molecule has 1 aliphatic rings. The van der Waals surface area contributed by atoms with E-state index in [-0.39, 0.29) is 17.7 Å². The van der Waals surface area contributed by atoms with Crippen LogP contribution in [-0.2, 0) is 6.18 Å². The molecule has 1 heterocycles. The van der Waals surface area contributed by atoms with E-state index < -0.39 is 12.0 Å². The van der Waals surface area contributed by atoms with Gasteiger partial charge in [0.05, 0.1) is 0 Å². The number of hydrogen-bond acceptors (Lipinski definition) is 4. The van der Waals surface area contributed by atoms with Crippen molar-refractivity contribution in [1.82, 2.24) is 9.97 Å². The van der Waals surface area contributed by atoms with Gasteiger partial charge in [-0.15, -0.1) is 0 Å². The highest BCUT2D eigenvalue weighted by atomic mass is 19.4. The van der Waals surface area contributed by atoms with Gasteiger partial charge in [0.15, 0.2) is 0 Å². The van der Waals surface area contributed by atoms with E-state index in [1.165, 1.54) is 12.5 Å². The van der Waals surface area contributed by atoms with Gasteiger partial charge in [-0.2, -0.15) is 13.2 Å². The highest BCUT2D eigenvalue weighted by molar-refractivity contribution is 5.45. The van der Waals surface area contributed by atoms with Gasteiger partial charge in [0.2, 0.25) is 5.82 Å². The third kappa shape index (κ3) is 3.74. The second-order valence-corrected chi connectivity index (χ2v) is 5.28. The van der Waals surface area contributed by atoms with Gasteiger partial charge in [0.25, 0.3) is 0 Å². The molecule has 1 aromatic heterocycles. The van der Waals surface area contributed by atoms with Crippen molar-refractivity contribution < 1.29 is 13.2 Å². The summed E-state index contributed by atoms with van der Waals surface area (Å²) in [6.45, 7) is 2.14. The van der Waals surface area contributed by atoms with E-state index in [1.807, 2.05) is 0 Å². The van der Waals surface area contributed by atoms with Gasteiger partial charge in [-0.05, 0) is 18.8 Å². The minimum atomic E-state index is -4.58. The third-order valence-electron chi connectivity index (χ3n) is 3.71. The van der Waals surface area contributed by atoms with Crippen LogP contribution in [0.3, 0.4) is 0 Å². The number of rotatable bonds is 3. The largest absolute Gasteiger partial charge is 0.451 e. The molecular weight excluding hydrogens is 269 g/mol. The van der Waals surface area contributed by atoms with Crippen molar-refractivity contribution in [2.75, 3.05) is 11.1 Å². The molecule has 0 aliphatic heterocycles. The molecule has 4 nitrogen and oxygen atoms in total. The van der Waals surface area contributed by atoms with Gasteiger partial charge in [-0.3, -0.25) is 0 Å². The number of nitrogens with zero attached hydrogens (tertiary/aromatic N) is 2. The molecular formula is C13H19F3N4. The second kappa shape index (κ2) is 5.85. The summed E-state index contributed by atoms with van der Waals surface area (Å²) >= 11 is 0. The minimum Gasteiger partial charge on any atom is -0.384 e. The SMILES string of the molecule is CCC1CCCC(Nc2cc(N)nc(C(F)(F)F)n2)C1. The van der Waals surface area contributed by atoms with Gasteiger partial charge in [-0.1, -0.05) is 26.2 Å². The Morgan fingerprint density at radius 3 is 2.75 bits per heavy atom. The lowest BCUT2D eigenvalue weighted by molar-refractivity contribution is -0.144. The fourth-order valence-corrected chi connectivity index (χ4v) is 2.67. The first kappa shape index (κ1) is 14.9. The Morgan fingerprint density at radius 2 is 2.10 bits per heavy atom. The number of halogens is 3. The number of aromatic nitrogens is 2. The number of alkyl halides is 3. The summed E-state index contributed by atoms with van der Waals surface area (Å²) in [5, 5.41) is 3.07. The van der Waals surface area contributed by atoms with Crippen molar-refractivity contribution in [2.24, 2.45) is 5.92 Å². The lowest BCUT2D eigenvalue weighted by atomic mass is 9.84. The molecule has 0 bridgehead atoms. The number of nitrogens with two attached hydrogens (primary N) is 1. The normalized spacial score (nSPS) is 23.6. The first-order valence-electron chi connectivity index (χ1n) is 6.86. The fraction of sp³-hybridized carbons (Fsp3) is 0.692. The summed E-state index contributed by atoms with van der Waals surface area (Å²) in [5.41, 5.74) is 5.42. The second-order valence-electron chi connectivity index (χ2n) is 5.28. The summed E-state index contributed by atoms with van der Waals surface area (Å²) < 4.78 is 37.9. The predicted molar refractivity (Wildman–Crippen MR) is 71.1 cm³/mol. The van der Waals surface area contributed by atoms with Crippen LogP contribution in [0.5, 0.6) is 0 Å². The smallest absolute Gasteiger partial charge is 0.384 e. The van der Waals surface area contributed by atoms with Crippen LogP contribution < -0.4 is 11.1 Å². The van der Waals surface area contributed by atoms with Crippen molar-refractivity contribution in [3.63, 3.8) is 0 Å². The van der Waals surface area contributed by atoms with Gasteiger partial charge in [0, 0.05) is 12.1 Å². The Morgan fingerprint density at radius 1 is 1.35 bits per heavy atom. The maximum Gasteiger partial charge on any atom is 0.451 e. The number of nitrogen functional groups attached to an aromatic ring is 1. The van der Waals surface area contributed by atoms with Crippen LogP contribution in [0.25, 0.3) is 0 Å². The molecule has 2 unspecified atom stereocenters. The van der Waals surface area contributed by atoms with Gasteiger partial charge < -0.3 is 11.1 Å². The molecule has 3 N–H and O–H groups in total. The van der Waals surface area contributed by atoms with E-state index in [0.717, 1.165) is 25.7 Å². The predicted octanol–water partition coefficient (Wildman–Crippen LogP) is 3.46. The topological polar surface area (TPSA) is 63.8 Å². The average molecular weight is 288 g/mol. The van der Waals surface area contributed by atoms with Crippen molar-refractivity contribution >= 4 is 11.6 Å². The molecule has 112 valence electrons. The van der Waals surface area contributed by atoms with Gasteiger partial charge >= 0.3 is 6.18 Å². The van der Waals surface area contributed by atoms with E-state index in [2.05, 4.69) is 22.2 Å². The zero-order valence-corrected chi connectivity index (χ0v) is 11.4. The van der Waals surface area contributed by atoms with Gasteiger partial charge in [-0.25, -0.2) is 9.97 Å². The van der Waals surface area contributed by atoms with Crippen LogP contribution >= 0.6 is 0 Å². The maximum absolute atomic E-state index is 12.6. The number of hydrogen-bond donors (Lipinski definition) is 2. The molecule has 0 spiro atoms. The quantitative estimate of drug-likeness (QED) is 0.894. The van der Waals surface area contributed by atoms with E-state index in [9.17, 15) is 13.2 Å². The molecule has 7 heteroatoms. The van der Waals surface area contributed by atoms with Crippen LogP contribution in [0.15, 0.2) is 6.07 Å². The van der Waals surface area contributed by atoms with Crippen LogP contribution in [0.1, 0.15) is 44.9 Å². The Hall–Kier alpha value is -1.53. The summed E-state index contributed by atoms with van der Waals surface area (Å²) in [4.78, 5) is 6.75. The average Bonchev–Trinajstić information content (AvgIpc) is 2.37. The number of anilines is 2. The molecule has 0 radical (unpaired) electrons. The Labute approximate surface area is 116 Å².